The molecule has 0 saturated carbocycles. The monoisotopic (exact) mass is 380 g/mol. The summed E-state index contributed by atoms with van der Waals surface area (Å²) in [4.78, 5) is 20.9. The summed E-state index contributed by atoms with van der Waals surface area (Å²) in [5.41, 5.74) is 1.63. The molecule has 27 heavy (non-hydrogen) atoms. The molecular formula is C19H15ClN5O2+. The molecule has 0 fully saturated rings. The van der Waals surface area contributed by atoms with E-state index in [0.29, 0.717) is 23.2 Å². The van der Waals surface area contributed by atoms with Gasteiger partial charge < -0.3 is 10.4 Å². The summed E-state index contributed by atoms with van der Waals surface area (Å²) in [5.74, 6) is -0.203. The third-order valence-electron chi connectivity index (χ3n) is 4.07. The highest BCUT2D eigenvalue weighted by molar-refractivity contribution is 6.29. The first-order valence-electron chi connectivity index (χ1n) is 8.18. The van der Waals surface area contributed by atoms with Crippen LogP contribution in [0.15, 0.2) is 67.1 Å². The molecule has 0 atom stereocenters. The van der Waals surface area contributed by atoms with E-state index in [-0.39, 0.29) is 11.6 Å². The smallest absolute Gasteiger partial charge is 0.337 e. The lowest BCUT2D eigenvalue weighted by molar-refractivity contribution is -0.513. The molecule has 8 heteroatoms. The van der Waals surface area contributed by atoms with Crippen LogP contribution in [0.1, 0.15) is 16.1 Å². The van der Waals surface area contributed by atoms with Crippen LogP contribution in [0.25, 0.3) is 5.65 Å². The minimum absolute atomic E-state index is 0.123. The Hall–Kier alpha value is -3.45. The van der Waals surface area contributed by atoms with Crippen LogP contribution in [0.3, 0.4) is 0 Å². The van der Waals surface area contributed by atoms with Gasteiger partial charge in [0.15, 0.2) is 0 Å². The highest BCUT2D eigenvalue weighted by Gasteiger charge is 2.30. The Labute approximate surface area is 159 Å². The lowest BCUT2D eigenvalue weighted by Gasteiger charge is -2.01. The first-order chi connectivity index (χ1) is 13.1. The number of nitrogens with one attached hydrogen (secondary N) is 1. The Morgan fingerprint density at radius 2 is 2.00 bits per heavy atom. The van der Waals surface area contributed by atoms with E-state index >= 15 is 0 Å². The Balaban J connectivity index is 1.76. The fraction of sp³-hybridized carbons (Fsp3) is 0.0526. The van der Waals surface area contributed by atoms with E-state index in [1.54, 1.807) is 57.9 Å². The molecule has 0 spiro atoms. The van der Waals surface area contributed by atoms with Crippen LogP contribution in [0, 0.1) is 0 Å². The molecule has 4 heterocycles. The predicted molar refractivity (Wildman–Crippen MR) is 99.8 cm³/mol. The summed E-state index contributed by atoms with van der Waals surface area (Å²) in [7, 11) is 0. The second-order valence-corrected chi connectivity index (χ2v) is 6.23. The number of imidazole rings is 1. The molecular weight excluding hydrogens is 366 g/mol. The van der Waals surface area contributed by atoms with Crippen molar-refractivity contribution < 1.29 is 14.3 Å². The topological polar surface area (TPSA) is 84.1 Å². The van der Waals surface area contributed by atoms with Crippen molar-refractivity contribution in [3.63, 3.8) is 0 Å². The lowest BCUT2D eigenvalue weighted by atomic mass is 10.3. The largest absolute Gasteiger partial charge is 0.474 e. The van der Waals surface area contributed by atoms with Gasteiger partial charge in [0.2, 0.25) is 0 Å². The van der Waals surface area contributed by atoms with E-state index in [0.717, 1.165) is 5.56 Å². The van der Waals surface area contributed by atoms with E-state index in [9.17, 15) is 9.90 Å². The Morgan fingerprint density at radius 3 is 2.74 bits per heavy atom. The SMILES string of the molecule is O=C(Nc1ccccn1)c1c(O)n(Cc2ccc(Cl)nc2)c2cccc[n+]12. The number of nitrogens with zero attached hydrogens (tertiary/aromatic N) is 4. The number of rotatable bonds is 4. The average molecular weight is 381 g/mol. The van der Waals surface area contributed by atoms with Gasteiger partial charge in [-0.15, -0.1) is 0 Å². The normalized spacial score (nSPS) is 10.9. The minimum Gasteiger partial charge on any atom is -0.474 e. The molecule has 0 bridgehead atoms. The second-order valence-electron chi connectivity index (χ2n) is 5.85. The van der Waals surface area contributed by atoms with E-state index in [4.69, 9.17) is 11.6 Å². The van der Waals surface area contributed by atoms with Gasteiger partial charge in [-0.3, -0.25) is 4.79 Å². The molecule has 4 rings (SSSR count). The summed E-state index contributed by atoms with van der Waals surface area (Å²) in [5, 5.41) is 13.9. The molecule has 134 valence electrons. The van der Waals surface area contributed by atoms with Gasteiger partial charge in [-0.25, -0.2) is 9.97 Å². The third kappa shape index (κ3) is 3.32. The molecule has 4 aromatic heterocycles. The Bertz CT molecular complexity index is 1110. The van der Waals surface area contributed by atoms with E-state index in [2.05, 4.69) is 15.3 Å². The van der Waals surface area contributed by atoms with Crippen LogP contribution < -0.4 is 9.72 Å². The van der Waals surface area contributed by atoms with Gasteiger partial charge in [-0.05, 0) is 24.3 Å². The Kier molecular flexibility index (Phi) is 4.43. The number of aromatic hydroxyl groups is 1. The quantitative estimate of drug-likeness (QED) is 0.421. The number of anilines is 1. The van der Waals surface area contributed by atoms with Crippen LogP contribution in [-0.4, -0.2) is 25.5 Å². The highest BCUT2D eigenvalue weighted by atomic mass is 35.5. The second kappa shape index (κ2) is 7.05. The molecule has 0 aliphatic heterocycles. The number of fused-ring (bicyclic) bond motifs is 1. The average Bonchev–Trinajstić information content (AvgIpc) is 2.96. The van der Waals surface area contributed by atoms with Crippen LogP contribution in [0.2, 0.25) is 5.15 Å². The molecule has 0 aliphatic carbocycles. The molecule has 1 amide bonds. The zero-order valence-electron chi connectivity index (χ0n) is 14.1. The fourth-order valence-electron chi connectivity index (χ4n) is 2.85. The van der Waals surface area contributed by atoms with Crippen molar-refractivity contribution in [2.24, 2.45) is 0 Å². The van der Waals surface area contributed by atoms with Gasteiger partial charge in [0.25, 0.3) is 11.3 Å². The number of amides is 1. The zero-order valence-corrected chi connectivity index (χ0v) is 14.8. The van der Waals surface area contributed by atoms with Crippen molar-refractivity contribution in [1.82, 2.24) is 14.5 Å². The van der Waals surface area contributed by atoms with Crippen LogP contribution in [0.4, 0.5) is 5.82 Å². The summed E-state index contributed by atoms with van der Waals surface area (Å²) in [6.07, 6.45) is 4.94. The van der Waals surface area contributed by atoms with Gasteiger partial charge in [0.1, 0.15) is 17.5 Å². The minimum atomic E-state index is -0.458. The van der Waals surface area contributed by atoms with Crippen LogP contribution in [0.5, 0.6) is 5.88 Å². The number of carbonyl (C=O) groups is 1. The summed E-state index contributed by atoms with van der Waals surface area (Å²) < 4.78 is 3.27. The maximum Gasteiger partial charge on any atom is 0.337 e. The summed E-state index contributed by atoms with van der Waals surface area (Å²) >= 11 is 5.83. The molecule has 0 radical (unpaired) electrons. The first-order valence-corrected chi connectivity index (χ1v) is 8.56. The van der Waals surface area contributed by atoms with Gasteiger partial charge >= 0.3 is 11.8 Å². The van der Waals surface area contributed by atoms with E-state index in [1.165, 1.54) is 0 Å². The molecule has 4 aromatic rings. The number of hydrogen-bond donors (Lipinski definition) is 2. The zero-order chi connectivity index (χ0) is 18.8. The molecule has 2 N–H and O–H groups in total. The van der Waals surface area contributed by atoms with Gasteiger partial charge in [0.05, 0.1) is 6.20 Å². The van der Waals surface area contributed by atoms with Crippen LogP contribution >= 0.6 is 11.6 Å². The maximum atomic E-state index is 12.8. The number of hydrogen-bond acceptors (Lipinski definition) is 4. The highest BCUT2D eigenvalue weighted by Crippen LogP contribution is 2.21. The van der Waals surface area contributed by atoms with Crippen molar-refractivity contribution in [2.75, 3.05) is 5.32 Å². The van der Waals surface area contributed by atoms with Crippen molar-refractivity contribution in [3.05, 3.63) is 83.5 Å². The van der Waals surface area contributed by atoms with Gasteiger partial charge in [-0.1, -0.05) is 29.8 Å². The van der Waals surface area contributed by atoms with E-state index in [1.807, 2.05) is 18.2 Å². The lowest BCUT2D eigenvalue weighted by Crippen LogP contribution is -2.30. The maximum absolute atomic E-state index is 12.8. The van der Waals surface area contributed by atoms with Crippen LogP contribution in [-0.2, 0) is 6.54 Å². The third-order valence-corrected chi connectivity index (χ3v) is 4.30. The van der Waals surface area contributed by atoms with Crippen molar-refractivity contribution in [2.45, 2.75) is 6.54 Å². The first kappa shape index (κ1) is 17.0. The molecule has 0 unspecified atom stereocenters. The van der Waals surface area contributed by atoms with Crippen molar-refractivity contribution in [1.29, 1.82) is 0 Å². The predicted octanol–water partition coefficient (Wildman–Crippen LogP) is 2.68. The summed E-state index contributed by atoms with van der Waals surface area (Å²) in [6.45, 7) is 0.334. The molecule has 0 aromatic carbocycles. The van der Waals surface area contributed by atoms with E-state index < -0.39 is 5.91 Å². The number of carbonyl (C=O) groups excluding carboxylic acids is 1. The fourth-order valence-corrected chi connectivity index (χ4v) is 2.96. The number of pyridine rings is 3. The van der Waals surface area contributed by atoms with Crippen molar-refractivity contribution >= 4 is 29.0 Å². The summed E-state index contributed by atoms with van der Waals surface area (Å²) in [6, 6.07) is 14.2. The number of halogens is 1. The van der Waals surface area contributed by atoms with Crippen molar-refractivity contribution in [3.8, 4) is 5.88 Å². The molecule has 0 aliphatic rings. The van der Waals surface area contributed by atoms with Gasteiger partial charge in [0, 0.05) is 24.0 Å². The molecule has 0 saturated heterocycles. The number of aromatic nitrogens is 4. The standard InChI is InChI=1S/C19H14ClN5O2/c20-14-8-7-13(11-22-14)12-25-16-6-2-4-10-24(16)17(19(25)27)18(26)23-15-5-1-3-9-21-15/h1-11H,12H2,(H-,21,23,26,27)/p+1. The Morgan fingerprint density at radius 1 is 1.15 bits per heavy atom. The molecule has 7 nitrogen and oxygen atoms in total. The van der Waals surface area contributed by atoms with Gasteiger partial charge in [-0.2, -0.15) is 8.97 Å².